The Bertz CT molecular complexity index is 575. The van der Waals surface area contributed by atoms with E-state index in [9.17, 15) is 0 Å². The van der Waals surface area contributed by atoms with Gasteiger partial charge in [-0.1, -0.05) is 46.1 Å². The third-order valence-electron chi connectivity index (χ3n) is 2.43. The zero-order valence-electron chi connectivity index (χ0n) is 9.54. The molecule has 1 N–H and O–H groups in total. The highest BCUT2D eigenvalue weighted by molar-refractivity contribution is 9.10. The van der Waals surface area contributed by atoms with Crippen LogP contribution in [0.25, 0.3) is 0 Å². The highest BCUT2D eigenvalue weighted by Gasteiger charge is 2.10. The van der Waals surface area contributed by atoms with Crippen molar-refractivity contribution in [3.05, 3.63) is 44.7 Å². The molecule has 0 atom stereocenters. The van der Waals surface area contributed by atoms with Gasteiger partial charge in [-0.25, -0.2) is 9.97 Å². The highest BCUT2D eigenvalue weighted by Crippen LogP contribution is 2.30. The lowest BCUT2D eigenvalue weighted by Crippen LogP contribution is -2.01. The second-order valence-electron chi connectivity index (χ2n) is 3.59. The number of halogens is 3. The maximum Gasteiger partial charge on any atom is 0.138 e. The van der Waals surface area contributed by atoms with Crippen molar-refractivity contribution in [2.75, 3.05) is 5.32 Å². The topological polar surface area (TPSA) is 37.8 Å². The number of hydrogen-bond donors (Lipinski definition) is 1. The molecule has 3 nitrogen and oxygen atoms in total. The van der Waals surface area contributed by atoms with E-state index in [1.807, 2.05) is 25.1 Å². The van der Waals surface area contributed by atoms with Gasteiger partial charge in [0.25, 0.3) is 0 Å². The Morgan fingerprint density at radius 3 is 2.78 bits per heavy atom. The van der Waals surface area contributed by atoms with Crippen LogP contribution in [0.3, 0.4) is 0 Å². The molecule has 0 aliphatic rings. The van der Waals surface area contributed by atoms with Gasteiger partial charge in [-0.2, -0.15) is 0 Å². The SMILES string of the molecule is CCc1c(Cl)ncnc1Nc1cc(Br)ccc1Cl. The summed E-state index contributed by atoms with van der Waals surface area (Å²) in [6.45, 7) is 2.00. The van der Waals surface area contributed by atoms with Crippen molar-refractivity contribution in [2.24, 2.45) is 0 Å². The number of nitrogens with one attached hydrogen (secondary N) is 1. The van der Waals surface area contributed by atoms with E-state index in [2.05, 4.69) is 31.2 Å². The summed E-state index contributed by atoms with van der Waals surface area (Å²) in [5.74, 6) is 0.678. The summed E-state index contributed by atoms with van der Waals surface area (Å²) >= 11 is 15.6. The Morgan fingerprint density at radius 1 is 1.28 bits per heavy atom. The third kappa shape index (κ3) is 2.94. The van der Waals surface area contributed by atoms with Crippen LogP contribution in [0.2, 0.25) is 10.2 Å². The Kier molecular flexibility index (Phi) is 4.43. The van der Waals surface area contributed by atoms with Crippen LogP contribution >= 0.6 is 39.1 Å². The molecule has 2 rings (SSSR count). The molecule has 0 radical (unpaired) electrons. The van der Waals surface area contributed by atoms with E-state index >= 15 is 0 Å². The quantitative estimate of drug-likeness (QED) is 0.807. The average Bonchev–Trinajstić information content (AvgIpc) is 2.34. The highest BCUT2D eigenvalue weighted by atomic mass is 79.9. The van der Waals surface area contributed by atoms with Crippen molar-refractivity contribution >= 4 is 50.6 Å². The number of aromatic nitrogens is 2. The fraction of sp³-hybridized carbons (Fsp3) is 0.167. The maximum atomic E-state index is 6.12. The summed E-state index contributed by atoms with van der Waals surface area (Å²) in [5, 5.41) is 4.26. The number of anilines is 2. The fourth-order valence-electron chi connectivity index (χ4n) is 1.53. The molecule has 0 aliphatic heterocycles. The smallest absolute Gasteiger partial charge is 0.138 e. The lowest BCUT2D eigenvalue weighted by atomic mass is 10.2. The van der Waals surface area contributed by atoms with E-state index in [-0.39, 0.29) is 0 Å². The maximum absolute atomic E-state index is 6.12. The van der Waals surface area contributed by atoms with Crippen molar-refractivity contribution in [1.29, 1.82) is 0 Å². The van der Waals surface area contributed by atoms with Gasteiger partial charge in [0.1, 0.15) is 17.3 Å². The largest absolute Gasteiger partial charge is 0.339 e. The number of benzene rings is 1. The Balaban J connectivity index is 2.40. The van der Waals surface area contributed by atoms with Crippen molar-refractivity contribution in [1.82, 2.24) is 9.97 Å². The standard InChI is InChI=1S/C12H10BrCl2N3/c1-2-8-11(15)16-6-17-12(8)18-10-5-7(13)3-4-9(10)14/h3-6H,2H2,1H3,(H,16,17,18). The van der Waals surface area contributed by atoms with Crippen molar-refractivity contribution in [2.45, 2.75) is 13.3 Å². The molecule has 1 heterocycles. The van der Waals surface area contributed by atoms with E-state index in [1.165, 1.54) is 6.33 Å². The van der Waals surface area contributed by atoms with E-state index in [0.717, 1.165) is 22.1 Å². The molecule has 94 valence electrons. The van der Waals surface area contributed by atoms with Crippen LogP contribution in [0.1, 0.15) is 12.5 Å². The van der Waals surface area contributed by atoms with Crippen LogP contribution in [-0.2, 0) is 6.42 Å². The molecule has 1 aromatic carbocycles. The molecule has 6 heteroatoms. The number of rotatable bonds is 3. The molecule has 0 spiro atoms. The van der Waals surface area contributed by atoms with Crippen LogP contribution in [0, 0.1) is 0 Å². The summed E-state index contributed by atoms with van der Waals surface area (Å²) < 4.78 is 0.938. The summed E-state index contributed by atoms with van der Waals surface area (Å²) in [6, 6.07) is 5.57. The molecule has 0 unspecified atom stereocenters. The number of hydrogen-bond acceptors (Lipinski definition) is 3. The molecule has 0 bridgehead atoms. The molecule has 0 saturated heterocycles. The zero-order valence-corrected chi connectivity index (χ0v) is 12.6. The van der Waals surface area contributed by atoms with E-state index in [1.54, 1.807) is 0 Å². The predicted octanol–water partition coefficient (Wildman–Crippen LogP) is 4.85. The second kappa shape index (κ2) is 5.87. The Labute approximate surface area is 124 Å². The minimum atomic E-state index is 0.459. The van der Waals surface area contributed by atoms with Crippen LogP contribution in [0.4, 0.5) is 11.5 Å². The third-order valence-corrected chi connectivity index (χ3v) is 3.58. The molecule has 18 heavy (non-hydrogen) atoms. The van der Waals surface area contributed by atoms with Gasteiger partial charge in [-0.05, 0) is 24.6 Å². The molecule has 0 aliphatic carbocycles. The van der Waals surface area contributed by atoms with Crippen LogP contribution in [0.5, 0.6) is 0 Å². The molecule has 0 amide bonds. The molecule has 1 aromatic heterocycles. The lowest BCUT2D eigenvalue weighted by Gasteiger charge is -2.11. The summed E-state index contributed by atoms with van der Waals surface area (Å²) in [7, 11) is 0. The fourth-order valence-corrected chi connectivity index (χ4v) is 2.33. The molecular weight excluding hydrogens is 337 g/mol. The molecule has 0 saturated carbocycles. The lowest BCUT2D eigenvalue weighted by molar-refractivity contribution is 1.05. The molecule has 0 fully saturated rings. The normalized spacial score (nSPS) is 10.4. The molecule has 2 aromatic rings. The second-order valence-corrected chi connectivity index (χ2v) is 5.28. The average molecular weight is 347 g/mol. The monoisotopic (exact) mass is 345 g/mol. The van der Waals surface area contributed by atoms with Gasteiger partial charge >= 0.3 is 0 Å². The van der Waals surface area contributed by atoms with Crippen LogP contribution in [-0.4, -0.2) is 9.97 Å². The first-order valence-electron chi connectivity index (χ1n) is 5.33. The minimum absolute atomic E-state index is 0.459. The summed E-state index contributed by atoms with van der Waals surface area (Å²) in [4.78, 5) is 8.16. The first kappa shape index (κ1) is 13.6. The van der Waals surface area contributed by atoms with Crippen LogP contribution < -0.4 is 5.32 Å². The van der Waals surface area contributed by atoms with Gasteiger partial charge in [0.15, 0.2) is 0 Å². The van der Waals surface area contributed by atoms with Crippen LogP contribution in [0.15, 0.2) is 29.0 Å². The van der Waals surface area contributed by atoms with Crippen molar-refractivity contribution in [3.8, 4) is 0 Å². The Hall–Kier alpha value is -0.840. The van der Waals surface area contributed by atoms with Gasteiger partial charge < -0.3 is 5.32 Å². The Morgan fingerprint density at radius 2 is 2.06 bits per heavy atom. The minimum Gasteiger partial charge on any atom is -0.339 e. The first-order chi connectivity index (χ1) is 8.61. The van der Waals surface area contributed by atoms with Gasteiger partial charge in [-0.3, -0.25) is 0 Å². The number of nitrogens with zero attached hydrogens (tertiary/aromatic N) is 2. The van der Waals surface area contributed by atoms with Gasteiger partial charge in [0.2, 0.25) is 0 Å². The molecular formula is C12H10BrCl2N3. The predicted molar refractivity (Wildman–Crippen MR) is 78.9 cm³/mol. The van der Waals surface area contributed by atoms with E-state index < -0.39 is 0 Å². The summed E-state index contributed by atoms with van der Waals surface area (Å²) in [6.07, 6.45) is 2.17. The van der Waals surface area contributed by atoms with E-state index in [0.29, 0.717) is 16.0 Å². The van der Waals surface area contributed by atoms with Gasteiger partial charge in [-0.15, -0.1) is 0 Å². The first-order valence-corrected chi connectivity index (χ1v) is 6.88. The van der Waals surface area contributed by atoms with Crippen molar-refractivity contribution in [3.63, 3.8) is 0 Å². The van der Waals surface area contributed by atoms with Gasteiger partial charge in [0.05, 0.1) is 10.7 Å². The summed E-state index contributed by atoms with van der Waals surface area (Å²) in [5.41, 5.74) is 1.64. The zero-order chi connectivity index (χ0) is 13.1. The van der Waals surface area contributed by atoms with E-state index in [4.69, 9.17) is 23.2 Å². The van der Waals surface area contributed by atoms with Gasteiger partial charge in [0, 0.05) is 10.0 Å². The van der Waals surface area contributed by atoms with Crippen molar-refractivity contribution < 1.29 is 0 Å².